The van der Waals surface area contributed by atoms with Crippen LogP contribution in [-0.4, -0.2) is 46.9 Å². The van der Waals surface area contributed by atoms with Crippen molar-refractivity contribution in [3.05, 3.63) is 36.5 Å². The van der Waals surface area contributed by atoms with Crippen molar-refractivity contribution in [3.8, 4) is 0 Å². The van der Waals surface area contributed by atoms with Crippen LogP contribution in [0.1, 0.15) is 297 Å². The first-order valence-electron chi connectivity index (χ1n) is 28.2. The number of rotatable bonds is 51. The Labute approximate surface area is 398 Å². The van der Waals surface area contributed by atoms with Crippen LogP contribution in [0.2, 0.25) is 0 Å². The summed E-state index contributed by atoms with van der Waals surface area (Å²) in [6.45, 7) is 6.49. The lowest BCUT2D eigenvalue weighted by molar-refractivity contribution is -0.151. The summed E-state index contributed by atoms with van der Waals surface area (Å²) in [5.41, 5.74) is 0. The van der Waals surface area contributed by atoms with Gasteiger partial charge >= 0.3 is 5.97 Å². The van der Waals surface area contributed by atoms with Crippen molar-refractivity contribution in [2.75, 3.05) is 6.61 Å². The van der Waals surface area contributed by atoms with Crippen LogP contribution in [-0.2, 0) is 14.3 Å². The number of aliphatic hydroxyl groups is 2. The second kappa shape index (κ2) is 52.1. The van der Waals surface area contributed by atoms with Crippen LogP contribution in [0.5, 0.6) is 0 Å². The van der Waals surface area contributed by atoms with Gasteiger partial charge in [0.1, 0.15) is 6.10 Å². The molecule has 0 aliphatic heterocycles. The van der Waals surface area contributed by atoms with E-state index < -0.39 is 18.2 Å². The van der Waals surface area contributed by atoms with E-state index >= 15 is 0 Å². The Bertz CT molecular complexity index is 1060. The van der Waals surface area contributed by atoms with Crippen molar-refractivity contribution in [3.63, 3.8) is 0 Å². The number of hydrogen-bond acceptors (Lipinski definition) is 5. The summed E-state index contributed by atoms with van der Waals surface area (Å²) in [6.07, 6.45) is 62.0. The Balaban J connectivity index is 4.57. The van der Waals surface area contributed by atoms with Gasteiger partial charge in [0, 0.05) is 6.42 Å². The maximum absolute atomic E-state index is 13.2. The highest BCUT2D eigenvalue weighted by Gasteiger charge is 2.24. The van der Waals surface area contributed by atoms with E-state index in [1.54, 1.807) is 0 Å². The highest BCUT2D eigenvalue weighted by molar-refractivity contribution is 5.77. The molecule has 1 amide bonds. The molecule has 376 valence electrons. The maximum atomic E-state index is 13.2. The molecule has 0 fully saturated rings. The molecule has 0 spiro atoms. The molecule has 3 unspecified atom stereocenters. The summed E-state index contributed by atoms with van der Waals surface area (Å²) in [5, 5.41) is 23.8. The van der Waals surface area contributed by atoms with Crippen LogP contribution in [0.25, 0.3) is 0 Å². The zero-order valence-electron chi connectivity index (χ0n) is 42.9. The summed E-state index contributed by atoms with van der Waals surface area (Å²) >= 11 is 0. The molecule has 6 nitrogen and oxygen atoms in total. The van der Waals surface area contributed by atoms with Crippen LogP contribution in [0.4, 0.5) is 0 Å². The lowest BCUT2D eigenvalue weighted by Crippen LogP contribution is -2.46. The maximum Gasteiger partial charge on any atom is 0.306 e. The van der Waals surface area contributed by atoms with Crippen molar-refractivity contribution in [1.82, 2.24) is 5.32 Å². The van der Waals surface area contributed by atoms with Crippen molar-refractivity contribution >= 4 is 11.9 Å². The van der Waals surface area contributed by atoms with E-state index in [9.17, 15) is 19.8 Å². The van der Waals surface area contributed by atoms with Gasteiger partial charge in [-0.25, -0.2) is 0 Å². The second-order valence-corrected chi connectivity index (χ2v) is 19.4. The molecule has 0 rings (SSSR count). The third kappa shape index (κ3) is 46.6. The quantitative estimate of drug-likeness (QED) is 0.0321. The van der Waals surface area contributed by atoms with Gasteiger partial charge in [-0.15, -0.1) is 0 Å². The Hall–Kier alpha value is -1.92. The summed E-state index contributed by atoms with van der Waals surface area (Å²) in [5.74, 6) is -0.481. The van der Waals surface area contributed by atoms with Crippen LogP contribution < -0.4 is 5.32 Å². The Morgan fingerprint density at radius 1 is 0.453 bits per heavy atom. The number of allylic oxidation sites excluding steroid dienone is 6. The van der Waals surface area contributed by atoms with Crippen molar-refractivity contribution < 1.29 is 24.5 Å². The second-order valence-electron chi connectivity index (χ2n) is 19.4. The molecule has 0 heterocycles. The fourth-order valence-electron chi connectivity index (χ4n) is 8.73. The molecule has 0 bridgehead atoms. The number of carbonyl (C=O) groups excluding carboxylic acids is 2. The normalized spacial score (nSPS) is 13.4. The third-order valence-corrected chi connectivity index (χ3v) is 13.0. The number of ether oxygens (including phenoxy) is 1. The topological polar surface area (TPSA) is 95.9 Å². The predicted molar refractivity (Wildman–Crippen MR) is 278 cm³/mol. The number of esters is 1. The number of nitrogens with one attached hydrogen (secondary N) is 1. The first-order valence-corrected chi connectivity index (χ1v) is 28.2. The Morgan fingerprint density at radius 3 is 1.19 bits per heavy atom. The van der Waals surface area contributed by atoms with Crippen molar-refractivity contribution in [2.45, 2.75) is 315 Å². The largest absolute Gasteiger partial charge is 0.462 e. The van der Waals surface area contributed by atoms with E-state index in [0.29, 0.717) is 19.3 Å². The molecule has 0 aliphatic rings. The van der Waals surface area contributed by atoms with Crippen molar-refractivity contribution in [1.29, 1.82) is 0 Å². The molecular formula is C58H109NO5. The minimum absolute atomic E-state index is 0.0737. The van der Waals surface area contributed by atoms with E-state index in [2.05, 4.69) is 62.5 Å². The first-order chi connectivity index (χ1) is 31.5. The Morgan fingerprint density at radius 2 is 0.797 bits per heavy atom. The summed E-state index contributed by atoms with van der Waals surface area (Å²) in [4.78, 5) is 26.2. The molecule has 0 aliphatic carbocycles. The van der Waals surface area contributed by atoms with Gasteiger partial charge in [0.05, 0.1) is 25.2 Å². The van der Waals surface area contributed by atoms with E-state index in [1.807, 2.05) is 0 Å². The summed E-state index contributed by atoms with van der Waals surface area (Å²) < 4.78 is 5.95. The van der Waals surface area contributed by atoms with Gasteiger partial charge < -0.3 is 20.3 Å². The highest BCUT2D eigenvalue weighted by atomic mass is 16.5. The van der Waals surface area contributed by atoms with E-state index in [1.165, 1.54) is 186 Å². The summed E-state index contributed by atoms with van der Waals surface area (Å²) in [7, 11) is 0. The fourth-order valence-corrected chi connectivity index (χ4v) is 8.73. The zero-order valence-corrected chi connectivity index (χ0v) is 42.9. The minimum Gasteiger partial charge on any atom is -0.462 e. The van der Waals surface area contributed by atoms with Gasteiger partial charge in [-0.1, -0.05) is 269 Å². The van der Waals surface area contributed by atoms with Crippen LogP contribution in [0.15, 0.2) is 36.5 Å². The van der Waals surface area contributed by atoms with E-state index in [0.717, 1.165) is 64.2 Å². The number of amides is 1. The molecule has 64 heavy (non-hydrogen) atoms. The molecule has 0 aromatic rings. The fraction of sp³-hybridized carbons (Fsp3) is 0.862. The molecule has 0 saturated heterocycles. The molecule has 0 aromatic heterocycles. The van der Waals surface area contributed by atoms with Gasteiger partial charge in [-0.3, -0.25) is 9.59 Å². The third-order valence-electron chi connectivity index (χ3n) is 13.0. The molecular weight excluding hydrogens is 791 g/mol. The smallest absolute Gasteiger partial charge is 0.306 e. The first kappa shape index (κ1) is 62.1. The number of hydrogen-bond donors (Lipinski definition) is 3. The van der Waals surface area contributed by atoms with E-state index in [4.69, 9.17) is 4.74 Å². The molecule has 6 heteroatoms. The number of carbonyl (C=O) groups is 2. The highest BCUT2D eigenvalue weighted by Crippen LogP contribution is 2.19. The zero-order chi connectivity index (χ0) is 46.7. The standard InChI is InChI=1S/C58H109NO5/c1-4-7-10-13-16-19-22-25-27-28-29-30-33-36-39-42-45-48-51-58(63)64-54(49-46-43-40-37-34-32-26-23-20-17-14-11-8-5-2)52-57(62)59-55(53-60)56(61)50-47-44-41-38-35-31-24-21-18-15-12-9-6-3/h22,25,27-30,54-56,60-61H,4-21,23-24,26,31-53H2,1-3H3,(H,59,62)/b25-22+,28-27+,30-29+. The predicted octanol–water partition coefficient (Wildman–Crippen LogP) is 17.2. The Kier molecular flexibility index (Phi) is 50.5. The van der Waals surface area contributed by atoms with Crippen LogP contribution in [0, 0.1) is 0 Å². The SMILES string of the molecule is CCCCCCC/C=C/C=C/C=C/CCCCCCCC(=O)OC(CCCCCCCCCCCCCCCC)CC(=O)NC(CO)C(O)CCCCCCCCCCCCCCC. The lowest BCUT2D eigenvalue weighted by atomic mass is 10.0. The van der Waals surface area contributed by atoms with Gasteiger partial charge in [-0.2, -0.15) is 0 Å². The van der Waals surface area contributed by atoms with Gasteiger partial charge in [0.2, 0.25) is 5.91 Å². The monoisotopic (exact) mass is 900 g/mol. The number of aliphatic hydroxyl groups excluding tert-OH is 2. The average Bonchev–Trinajstić information content (AvgIpc) is 3.29. The molecule has 0 aromatic carbocycles. The van der Waals surface area contributed by atoms with Gasteiger partial charge in [0.25, 0.3) is 0 Å². The summed E-state index contributed by atoms with van der Waals surface area (Å²) in [6, 6.07) is -0.703. The van der Waals surface area contributed by atoms with Crippen LogP contribution in [0.3, 0.4) is 0 Å². The minimum atomic E-state index is -0.789. The van der Waals surface area contributed by atoms with Crippen LogP contribution >= 0.6 is 0 Å². The van der Waals surface area contributed by atoms with Gasteiger partial charge in [-0.05, 0) is 51.4 Å². The molecule has 0 radical (unpaired) electrons. The van der Waals surface area contributed by atoms with Gasteiger partial charge in [0.15, 0.2) is 0 Å². The average molecular weight is 901 g/mol. The molecule has 3 N–H and O–H groups in total. The molecule has 0 saturated carbocycles. The number of unbranched alkanes of at least 4 members (excludes halogenated alkanes) is 35. The lowest BCUT2D eigenvalue weighted by Gasteiger charge is -2.24. The van der Waals surface area contributed by atoms with Crippen molar-refractivity contribution in [2.24, 2.45) is 0 Å². The van der Waals surface area contributed by atoms with E-state index in [-0.39, 0.29) is 24.9 Å². The molecule has 3 atom stereocenters.